The van der Waals surface area contributed by atoms with Crippen molar-refractivity contribution in [3.63, 3.8) is 0 Å². The number of carbonyl (C=O) groups is 1. The fraction of sp³-hybridized carbons (Fsp3) is 0.478. The number of benzene rings is 1. The highest BCUT2D eigenvalue weighted by molar-refractivity contribution is 5.90. The second kappa shape index (κ2) is 10.9. The number of nitrogens with one attached hydrogen (secondary N) is 1. The Morgan fingerprint density at radius 3 is 2.59 bits per heavy atom. The van der Waals surface area contributed by atoms with Crippen molar-refractivity contribution in [1.82, 2.24) is 4.98 Å². The van der Waals surface area contributed by atoms with Gasteiger partial charge in [-0.1, -0.05) is 30.3 Å². The van der Waals surface area contributed by atoms with E-state index in [1.54, 1.807) is 6.20 Å². The number of hydrogen-bond donors (Lipinski definition) is 1. The van der Waals surface area contributed by atoms with Crippen molar-refractivity contribution in [3.8, 4) is 0 Å². The number of morpholine rings is 1. The third-order valence-corrected chi connectivity index (χ3v) is 4.85. The van der Waals surface area contributed by atoms with E-state index < -0.39 is 0 Å². The first kappa shape index (κ1) is 21.3. The zero-order valence-electron chi connectivity index (χ0n) is 17.3. The van der Waals surface area contributed by atoms with E-state index in [0.29, 0.717) is 26.1 Å². The molecule has 6 heteroatoms. The van der Waals surface area contributed by atoms with E-state index in [4.69, 9.17) is 9.47 Å². The van der Waals surface area contributed by atoms with E-state index in [1.165, 1.54) is 5.56 Å². The summed E-state index contributed by atoms with van der Waals surface area (Å²) in [7, 11) is 0. The van der Waals surface area contributed by atoms with Crippen LogP contribution in [0.25, 0.3) is 0 Å². The molecule has 2 heterocycles. The zero-order valence-corrected chi connectivity index (χ0v) is 17.3. The van der Waals surface area contributed by atoms with Crippen molar-refractivity contribution < 1.29 is 14.3 Å². The molecule has 156 valence electrons. The molecule has 0 saturated carbocycles. The fourth-order valence-corrected chi connectivity index (χ4v) is 3.51. The molecule has 0 spiro atoms. The van der Waals surface area contributed by atoms with Crippen LogP contribution in [0.5, 0.6) is 0 Å². The lowest BCUT2D eigenvalue weighted by Gasteiger charge is -2.36. The van der Waals surface area contributed by atoms with Gasteiger partial charge in [0.05, 0.1) is 30.7 Å². The molecule has 29 heavy (non-hydrogen) atoms. The topological polar surface area (TPSA) is 63.7 Å². The summed E-state index contributed by atoms with van der Waals surface area (Å²) >= 11 is 0. The second-order valence-corrected chi connectivity index (χ2v) is 7.57. The van der Waals surface area contributed by atoms with Gasteiger partial charge in [0.25, 0.3) is 0 Å². The first-order valence-electron chi connectivity index (χ1n) is 10.4. The number of pyridine rings is 1. The van der Waals surface area contributed by atoms with E-state index in [1.807, 2.05) is 30.3 Å². The molecule has 0 aliphatic carbocycles. The molecule has 1 aliphatic heterocycles. The summed E-state index contributed by atoms with van der Waals surface area (Å²) in [5.41, 5.74) is 1.99. The lowest BCUT2D eigenvalue weighted by Crippen LogP contribution is -2.45. The first-order valence-corrected chi connectivity index (χ1v) is 10.4. The van der Waals surface area contributed by atoms with Gasteiger partial charge >= 0.3 is 0 Å². The molecule has 0 radical (unpaired) electrons. The molecule has 2 unspecified atom stereocenters. The minimum Gasteiger partial charge on any atom is -0.381 e. The number of anilines is 2. The van der Waals surface area contributed by atoms with Crippen molar-refractivity contribution >= 4 is 17.4 Å². The third kappa shape index (κ3) is 7.15. The Morgan fingerprint density at radius 2 is 1.90 bits per heavy atom. The fourth-order valence-electron chi connectivity index (χ4n) is 3.51. The van der Waals surface area contributed by atoms with Gasteiger partial charge in [-0.25, -0.2) is 4.98 Å². The maximum Gasteiger partial charge on any atom is 0.224 e. The van der Waals surface area contributed by atoms with Crippen LogP contribution in [-0.2, 0) is 20.7 Å². The Bertz CT molecular complexity index is 742. The maximum atomic E-state index is 12.1. The Kier molecular flexibility index (Phi) is 8.02. The summed E-state index contributed by atoms with van der Waals surface area (Å²) in [5, 5.41) is 2.91. The van der Waals surface area contributed by atoms with Crippen LogP contribution in [0.3, 0.4) is 0 Å². The molecule has 1 N–H and O–H groups in total. The summed E-state index contributed by atoms with van der Waals surface area (Å²) in [6.07, 6.45) is 4.13. The SMILES string of the molecule is CC1CN(c2ccc(NC(=O)CCCOCCc3ccccc3)cn2)CC(C)O1. The van der Waals surface area contributed by atoms with Crippen molar-refractivity contribution in [2.45, 2.75) is 45.3 Å². The molecule has 1 saturated heterocycles. The van der Waals surface area contributed by atoms with E-state index in [9.17, 15) is 4.79 Å². The number of aromatic nitrogens is 1. The number of ether oxygens (including phenoxy) is 2. The van der Waals surface area contributed by atoms with Crippen LogP contribution in [0.2, 0.25) is 0 Å². The Morgan fingerprint density at radius 1 is 1.14 bits per heavy atom. The van der Waals surface area contributed by atoms with Gasteiger partial charge in [0.1, 0.15) is 5.82 Å². The standard InChI is InChI=1S/C23H31N3O3/c1-18-16-26(17-19(2)29-18)22-11-10-21(15-24-22)25-23(27)9-6-13-28-14-12-20-7-4-3-5-8-20/h3-5,7-8,10-11,15,18-19H,6,9,12-14,16-17H2,1-2H3,(H,25,27). The lowest BCUT2D eigenvalue weighted by atomic mass is 10.2. The molecule has 3 rings (SSSR count). The monoisotopic (exact) mass is 397 g/mol. The van der Waals surface area contributed by atoms with E-state index in [2.05, 4.69) is 41.2 Å². The number of hydrogen-bond acceptors (Lipinski definition) is 5. The average Bonchev–Trinajstić information content (AvgIpc) is 2.71. The van der Waals surface area contributed by atoms with Crippen LogP contribution in [0.4, 0.5) is 11.5 Å². The number of carbonyl (C=O) groups excluding carboxylic acids is 1. The summed E-state index contributed by atoms with van der Waals surface area (Å²) in [4.78, 5) is 18.8. The molecule has 1 aromatic carbocycles. The van der Waals surface area contributed by atoms with Crippen LogP contribution in [-0.4, -0.2) is 49.4 Å². The molecule has 2 aromatic rings. The molecule has 1 aromatic heterocycles. The zero-order chi connectivity index (χ0) is 20.5. The summed E-state index contributed by atoms with van der Waals surface area (Å²) in [5.74, 6) is 0.900. The Hall–Kier alpha value is -2.44. The van der Waals surface area contributed by atoms with Gasteiger partial charge in [0.15, 0.2) is 0 Å². The van der Waals surface area contributed by atoms with Crippen LogP contribution < -0.4 is 10.2 Å². The van der Waals surface area contributed by atoms with Crippen LogP contribution in [0.1, 0.15) is 32.3 Å². The molecule has 1 amide bonds. The first-order chi connectivity index (χ1) is 14.1. The predicted molar refractivity (Wildman–Crippen MR) is 115 cm³/mol. The molecular formula is C23H31N3O3. The quantitative estimate of drug-likeness (QED) is 0.654. The van der Waals surface area contributed by atoms with Gasteiger partial charge in [-0.2, -0.15) is 0 Å². The number of rotatable bonds is 9. The van der Waals surface area contributed by atoms with E-state index in [0.717, 1.165) is 31.0 Å². The van der Waals surface area contributed by atoms with Crippen molar-refractivity contribution in [3.05, 3.63) is 54.2 Å². The normalized spacial score (nSPS) is 19.2. The molecule has 6 nitrogen and oxygen atoms in total. The third-order valence-electron chi connectivity index (χ3n) is 4.85. The molecule has 0 bridgehead atoms. The van der Waals surface area contributed by atoms with Crippen molar-refractivity contribution in [1.29, 1.82) is 0 Å². The van der Waals surface area contributed by atoms with Gasteiger partial charge in [-0.15, -0.1) is 0 Å². The van der Waals surface area contributed by atoms with Gasteiger partial charge < -0.3 is 19.7 Å². The smallest absolute Gasteiger partial charge is 0.224 e. The van der Waals surface area contributed by atoms with Gasteiger partial charge in [-0.3, -0.25) is 4.79 Å². The summed E-state index contributed by atoms with van der Waals surface area (Å²) in [6.45, 7) is 7.06. The largest absolute Gasteiger partial charge is 0.381 e. The van der Waals surface area contributed by atoms with Gasteiger partial charge in [0, 0.05) is 26.1 Å². The van der Waals surface area contributed by atoms with E-state index in [-0.39, 0.29) is 18.1 Å². The second-order valence-electron chi connectivity index (χ2n) is 7.57. The highest BCUT2D eigenvalue weighted by Crippen LogP contribution is 2.19. The number of amides is 1. The van der Waals surface area contributed by atoms with Crippen molar-refractivity contribution in [2.24, 2.45) is 0 Å². The van der Waals surface area contributed by atoms with Crippen LogP contribution >= 0.6 is 0 Å². The Labute approximate surface area is 173 Å². The maximum absolute atomic E-state index is 12.1. The minimum atomic E-state index is -0.0140. The van der Waals surface area contributed by atoms with Crippen molar-refractivity contribution in [2.75, 3.05) is 36.5 Å². The Balaban J connectivity index is 1.33. The van der Waals surface area contributed by atoms with Gasteiger partial charge in [-0.05, 0) is 44.4 Å². The summed E-state index contributed by atoms with van der Waals surface area (Å²) in [6, 6.07) is 14.1. The molecule has 1 aliphatic rings. The number of nitrogens with zero attached hydrogens (tertiary/aromatic N) is 2. The molecular weight excluding hydrogens is 366 g/mol. The predicted octanol–water partition coefficient (Wildman–Crippen LogP) is 3.67. The highest BCUT2D eigenvalue weighted by atomic mass is 16.5. The molecule has 1 fully saturated rings. The van der Waals surface area contributed by atoms with E-state index >= 15 is 0 Å². The van der Waals surface area contributed by atoms with Crippen LogP contribution in [0, 0.1) is 0 Å². The lowest BCUT2D eigenvalue weighted by molar-refractivity contribution is -0.116. The minimum absolute atomic E-state index is 0.0140. The molecule has 2 atom stereocenters. The van der Waals surface area contributed by atoms with Crippen LogP contribution in [0.15, 0.2) is 48.7 Å². The average molecular weight is 398 g/mol. The van der Waals surface area contributed by atoms with Gasteiger partial charge in [0.2, 0.25) is 5.91 Å². The summed E-state index contributed by atoms with van der Waals surface area (Å²) < 4.78 is 11.4. The highest BCUT2D eigenvalue weighted by Gasteiger charge is 2.23.